The number of rotatable bonds is 6. The maximum absolute atomic E-state index is 5.92. The number of para-hydroxylation sites is 1. The summed E-state index contributed by atoms with van der Waals surface area (Å²) in [7, 11) is 0. The van der Waals surface area contributed by atoms with Crippen LogP contribution in [0.5, 0.6) is 11.8 Å². The van der Waals surface area contributed by atoms with E-state index >= 15 is 0 Å². The predicted octanol–water partition coefficient (Wildman–Crippen LogP) is 3.49. The second kappa shape index (κ2) is 7.44. The Balaban J connectivity index is 1.46. The molecule has 0 bridgehead atoms. The first-order chi connectivity index (χ1) is 12.4. The number of hydrogen-bond acceptors (Lipinski definition) is 5. The van der Waals surface area contributed by atoms with Gasteiger partial charge in [-0.05, 0) is 53.1 Å². The van der Waals surface area contributed by atoms with Crippen LogP contribution < -0.4 is 10.1 Å². The van der Waals surface area contributed by atoms with E-state index in [-0.39, 0.29) is 0 Å². The lowest BCUT2D eigenvalue weighted by molar-refractivity contribution is 0.426. The van der Waals surface area contributed by atoms with Crippen molar-refractivity contribution in [3.05, 3.63) is 60.2 Å². The van der Waals surface area contributed by atoms with Gasteiger partial charge in [-0.25, -0.2) is 0 Å². The molecule has 1 saturated carbocycles. The van der Waals surface area contributed by atoms with Crippen molar-refractivity contribution in [2.75, 3.05) is 0 Å². The van der Waals surface area contributed by atoms with Gasteiger partial charge in [0.2, 0.25) is 0 Å². The second-order valence-electron chi connectivity index (χ2n) is 6.32. The van der Waals surface area contributed by atoms with Crippen molar-refractivity contribution in [3.63, 3.8) is 0 Å². The molecule has 128 valence electrons. The average Bonchev–Trinajstić information content (AvgIpc) is 3.33. The fraction of sp³-hybridized carbons (Fsp3) is 0.316. The van der Waals surface area contributed by atoms with Crippen LogP contribution in [0.1, 0.15) is 31.2 Å². The van der Waals surface area contributed by atoms with Crippen LogP contribution in [0, 0.1) is 0 Å². The SMILES string of the molecule is c1ccc(-n2nnnc2Oc2cccc(CNC3CCCC3)c2)cc1. The molecule has 1 N–H and O–H groups in total. The van der Waals surface area contributed by atoms with Gasteiger partial charge in [0.05, 0.1) is 5.69 Å². The first kappa shape index (κ1) is 15.8. The van der Waals surface area contributed by atoms with Gasteiger partial charge in [-0.15, -0.1) is 0 Å². The third-order valence-corrected chi connectivity index (χ3v) is 4.50. The van der Waals surface area contributed by atoms with Crippen LogP contribution in [0.2, 0.25) is 0 Å². The zero-order valence-corrected chi connectivity index (χ0v) is 14.0. The molecule has 0 aliphatic heterocycles. The molecule has 0 unspecified atom stereocenters. The smallest absolute Gasteiger partial charge is 0.345 e. The Morgan fingerprint density at radius 3 is 2.72 bits per heavy atom. The molecule has 1 aliphatic rings. The number of nitrogens with zero attached hydrogens (tertiary/aromatic N) is 4. The molecule has 1 heterocycles. The third-order valence-electron chi connectivity index (χ3n) is 4.50. The van der Waals surface area contributed by atoms with Crippen LogP contribution in [-0.2, 0) is 6.54 Å². The highest BCUT2D eigenvalue weighted by Gasteiger charge is 2.14. The quantitative estimate of drug-likeness (QED) is 0.747. The summed E-state index contributed by atoms with van der Waals surface area (Å²) in [4.78, 5) is 0. The minimum absolute atomic E-state index is 0.354. The van der Waals surface area contributed by atoms with Gasteiger partial charge in [0.1, 0.15) is 5.75 Å². The van der Waals surface area contributed by atoms with E-state index in [2.05, 4.69) is 26.9 Å². The number of tetrazole rings is 1. The van der Waals surface area contributed by atoms with Gasteiger partial charge in [0.25, 0.3) is 0 Å². The molecule has 1 fully saturated rings. The maximum Gasteiger partial charge on any atom is 0.345 e. The molecular formula is C19H21N5O. The monoisotopic (exact) mass is 335 g/mol. The summed E-state index contributed by atoms with van der Waals surface area (Å²) < 4.78 is 7.50. The third kappa shape index (κ3) is 3.85. The normalized spacial score (nSPS) is 14.7. The van der Waals surface area contributed by atoms with Crippen LogP contribution in [-0.4, -0.2) is 26.2 Å². The molecule has 0 radical (unpaired) electrons. The number of aromatic nitrogens is 4. The highest BCUT2D eigenvalue weighted by atomic mass is 16.5. The lowest BCUT2D eigenvalue weighted by Gasteiger charge is -2.12. The molecule has 0 atom stereocenters. The Morgan fingerprint density at radius 2 is 1.88 bits per heavy atom. The van der Waals surface area contributed by atoms with Gasteiger partial charge in [0.15, 0.2) is 0 Å². The second-order valence-corrected chi connectivity index (χ2v) is 6.32. The lowest BCUT2D eigenvalue weighted by atomic mass is 10.2. The van der Waals surface area contributed by atoms with Crippen LogP contribution in [0.25, 0.3) is 5.69 Å². The van der Waals surface area contributed by atoms with Crippen molar-refractivity contribution >= 4 is 0 Å². The minimum atomic E-state index is 0.354. The molecule has 6 heteroatoms. The van der Waals surface area contributed by atoms with Crippen LogP contribution in [0.3, 0.4) is 0 Å². The molecule has 25 heavy (non-hydrogen) atoms. The van der Waals surface area contributed by atoms with Gasteiger partial charge in [-0.2, -0.15) is 4.68 Å². The van der Waals surface area contributed by atoms with E-state index in [1.54, 1.807) is 4.68 Å². The summed E-state index contributed by atoms with van der Waals surface area (Å²) in [6.45, 7) is 0.853. The fourth-order valence-corrected chi connectivity index (χ4v) is 3.19. The van der Waals surface area contributed by atoms with E-state index < -0.39 is 0 Å². The highest BCUT2D eigenvalue weighted by Crippen LogP contribution is 2.23. The summed E-state index contributed by atoms with van der Waals surface area (Å²) in [6.07, 6.45) is 5.23. The lowest BCUT2D eigenvalue weighted by Crippen LogP contribution is -2.25. The average molecular weight is 335 g/mol. The highest BCUT2D eigenvalue weighted by molar-refractivity contribution is 5.34. The van der Waals surface area contributed by atoms with Gasteiger partial charge < -0.3 is 10.1 Å². The van der Waals surface area contributed by atoms with E-state index in [4.69, 9.17) is 4.74 Å². The van der Waals surface area contributed by atoms with Gasteiger partial charge in [-0.1, -0.05) is 48.3 Å². The first-order valence-electron chi connectivity index (χ1n) is 8.72. The predicted molar refractivity (Wildman–Crippen MR) is 94.8 cm³/mol. The van der Waals surface area contributed by atoms with E-state index in [9.17, 15) is 0 Å². The zero-order valence-electron chi connectivity index (χ0n) is 14.0. The summed E-state index contributed by atoms with van der Waals surface area (Å²) in [5.74, 6) is 0.734. The molecular weight excluding hydrogens is 314 g/mol. The van der Waals surface area contributed by atoms with Crippen LogP contribution >= 0.6 is 0 Å². The standard InChI is InChI=1S/C19H21N5O/c1-2-10-17(11-3-1)24-19(21-22-23-24)25-18-12-6-7-15(13-18)14-20-16-8-4-5-9-16/h1-3,6-7,10-13,16,20H,4-5,8-9,14H2. The summed E-state index contributed by atoms with van der Waals surface area (Å²) >= 11 is 0. The van der Waals surface area contributed by atoms with Crippen molar-refractivity contribution < 1.29 is 4.74 Å². The Hall–Kier alpha value is -2.73. The van der Waals surface area contributed by atoms with Crippen LogP contribution in [0.4, 0.5) is 0 Å². The van der Waals surface area contributed by atoms with Gasteiger partial charge in [0, 0.05) is 12.6 Å². The Labute approximate surface area is 146 Å². The molecule has 2 aromatic carbocycles. The molecule has 3 aromatic rings. The number of benzene rings is 2. The minimum Gasteiger partial charge on any atom is -0.423 e. The summed E-state index contributed by atoms with van der Waals surface area (Å²) in [5, 5.41) is 15.4. The van der Waals surface area contributed by atoms with E-state index in [0.717, 1.165) is 18.0 Å². The van der Waals surface area contributed by atoms with Gasteiger partial charge >= 0.3 is 6.01 Å². The zero-order chi connectivity index (χ0) is 16.9. The van der Waals surface area contributed by atoms with E-state index in [0.29, 0.717) is 12.1 Å². The summed E-state index contributed by atoms with van der Waals surface area (Å²) in [5.41, 5.74) is 2.06. The Morgan fingerprint density at radius 1 is 1.04 bits per heavy atom. The molecule has 0 saturated heterocycles. The number of hydrogen-bond donors (Lipinski definition) is 1. The molecule has 4 rings (SSSR count). The Bertz CT molecular complexity index is 811. The van der Waals surface area contributed by atoms with Crippen LogP contribution in [0.15, 0.2) is 54.6 Å². The molecule has 1 aromatic heterocycles. The number of nitrogens with one attached hydrogen (secondary N) is 1. The largest absolute Gasteiger partial charge is 0.423 e. The molecule has 6 nitrogen and oxygen atoms in total. The maximum atomic E-state index is 5.92. The molecule has 1 aliphatic carbocycles. The van der Waals surface area contributed by atoms with Crippen molar-refractivity contribution in [1.82, 2.24) is 25.5 Å². The topological polar surface area (TPSA) is 64.9 Å². The van der Waals surface area contributed by atoms with Crippen molar-refractivity contribution in [3.8, 4) is 17.4 Å². The number of ether oxygens (including phenoxy) is 1. The van der Waals surface area contributed by atoms with E-state index in [1.807, 2.05) is 48.5 Å². The Kier molecular flexibility index (Phi) is 4.70. The van der Waals surface area contributed by atoms with Gasteiger partial charge in [-0.3, -0.25) is 0 Å². The van der Waals surface area contributed by atoms with E-state index in [1.165, 1.54) is 31.2 Å². The molecule has 0 spiro atoms. The first-order valence-corrected chi connectivity index (χ1v) is 8.72. The summed E-state index contributed by atoms with van der Waals surface area (Å²) in [6, 6.07) is 18.8. The molecule has 0 amide bonds. The van der Waals surface area contributed by atoms with Crippen molar-refractivity contribution in [2.24, 2.45) is 0 Å². The van der Waals surface area contributed by atoms with Crippen molar-refractivity contribution in [2.45, 2.75) is 38.3 Å². The van der Waals surface area contributed by atoms with Crippen molar-refractivity contribution in [1.29, 1.82) is 0 Å². The fourth-order valence-electron chi connectivity index (χ4n) is 3.19.